The molecule has 0 radical (unpaired) electrons. The summed E-state index contributed by atoms with van der Waals surface area (Å²) >= 11 is 0. The molecule has 1 heterocycles. The van der Waals surface area contributed by atoms with Crippen LogP contribution in [0.15, 0.2) is 54.6 Å². The van der Waals surface area contributed by atoms with Crippen molar-refractivity contribution in [2.75, 3.05) is 39.3 Å². The van der Waals surface area contributed by atoms with Gasteiger partial charge < -0.3 is 24.6 Å². The van der Waals surface area contributed by atoms with E-state index in [1.54, 1.807) is 6.92 Å². The molecular formula is C27H36N2O6. The van der Waals surface area contributed by atoms with Crippen LogP contribution in [0.4, 0.5) is 0 Å². The number of aryl methyl sites for hydroxylation is 1. The number of hydrogen-bond acceptors (Lipinski definition) is 6. The van der Waals surface area contributed by atoms with Crippen LogP contribution < -0.4 is 4.74 Å². The molecule has 0 bridgehead atoms. The molecule has 0 amide bonds. The Morgan fingerprint density at radius 1 is 0.800 bits per heavy atom. The van der Waals surface area contributed by atoms with Crippen LogP contribution in [0.1, 0.15) is 37.3 Å². The molecule has 2 aromatic carbocycles. The van der Waals surface area contributed by atoms with Gasteiger partial charge in [-0.2, -0.15) is 0 Å². The van der Waals surface area contributed by atoms with Gasteiger partial charge in [0.2, 0.25) is 0 Å². The first-order valence-corrected chi connectivity index (χ1v) is 12.0. The highest BCUT2D eigenvalue weighted by Gasteiger charge is 2.16. The maximum Gasteiger partial charge on any atom is 0.414 e. The number of carboxylic acid groups (broad SMARTS) is 2. The molecule has 0 aromatic heterocycles. The molecule has 0 saturated carbocycles. The maximum atomic E-state index is 11.1. The van der Waals surface area contributed by atoms with Crippen LogP contribution >= 0.6 is 0 Å². The lowest BCUT2D eigenvalue weighted by Gasteiger charge is -2.34. The minimum atomic E-state index is -1.82. The molecule has 3 rings (SSSR count). The number of hydrogen-bond donors (Lipinski definition) is 2. The summed E-state index contributed by atoms with van der Waals surface area (Å²) in [4.78, 5) is 34.4. The monoisotopic (exact) mass is 484 g/mol. The number of carboxylic acids is 2. The lowest BCUT2D eigenvalue weighted by Crippen LogP contribution is -2.46. The van der Waals surface area contributed by atoms with Crippen LogP contribution in [-0.4, -0.2) is 77.1 Å². The Labute approximate surface area is 207 Å². The predicted octanol–water partition coefficient (Wildman–Crippen LogP) is 3.34. The number of aliphatic carboxylic acids is 2. The van der Waals surface area contributed by atoms with Crippen LogP contribution in [0.3, 0.4) is 0 Å². The second-order valence-corrected chi connectivity index (χ2v) is 8.62. The number of carbonyl (C=O) groups is 3. The van der Waals surface area contributed by atoms with Gasteiger partial charge in [-0.1, -0.05) is 42.5 Å². The van der Waals surface area contributed by atoms with E-state index in [1.807, 2.05) is 12.1 Å². The molecule has 1 aliphatic heterocycles. The van der Waals surface area contributed by atoms with Crippen molar-refractivity contribution in [2.24, 2.45) is 0 Å². The molecule has 1 saturated heterocycles. The van der Waals surface area contributed by atoms with Gasteiger partial charge in [-0.25, -0.2) is 9.59 Å². The van der Waals surface area contributed by atoms with Gasteiger partial charge in [-0.15, -0.1) is 0 Å². The summed E-state index contributed by atoms with van der Waals surface area (Å²) in [5, 5.41) is 14.8. The fraction of sp³-hybridized carbons (Fsp3) is 0.444. The number of nitrogens with zero attached hydrogens (tertiary/aromatic N) is 2. The summed E-state index contributed by atoms with van der Waals surface area (Å²) in [5.74, 6) is -2.49. The first-order valence-electron chi connectivity index (χ1n) is 12.0. The molecule has 8 nitrogen and oxygen atoms in total. The van der Waals surface area contributed by atoms with E-state index in [0.29, 0.717) is 6.42 Å². The molecule has 0 atom stereocenters. The van der Waals surface area contributed by atoms with E-state index in [2.05, 4.69) is 52.3 Å². The molecule has 1 aliphatic rings. The minimum Gasteiger partial charge on any atom is -0.494 e. The third kappa shape index (κ3) is 12.2. The van der Waals surface area contributed by atoms with Crippen molar-refractivity contribution in [3.8, 4) is 5.75 Å². The summed E-state index contributed by atoms with van der Waals surface area (Å²) in [6, 6.07) is 18.9. The largest absolute Gasteiger partial charge is 0.494 e. The average Bonchev–Trinajstić information content (AvgIpc) is 2.85. The lowest BCUT2D eigenvalue weighted by molar-refractivity contribution is -0.159. The van der Waals surface area contributed by atoms with Gasteiger partial charge in [-0.3, -0.25) is 4.90 Å². The summed E-state index contributed by atoms with van der Waals surface area (Å²) in [5.41, 5.74) is 2.60. The predicted molar refractivity (Wildman–Crippen MR) is 134 cm³/mol. The Bertz CT molecular complexity index is 897. The van der Waals surface area contributed by atoms with Crippen molar-refractivity contribution in [1.82, 2.24) is 9.80 Å². The second-order valence-electron chi connectivity index (χ2n) is 8.62. The second kappa shape index (κ2) is 15.6. The number of rotatable bonds is 11. The number of benzene rings is 2. The van der Waals surface area contributed by atoms with E-state index < -0.39 is 11.9 Å². The van der Waals surface area contributed by atoms with Crippen molar-refractivity contribution in [3.63, 3.8) is 0 Å². The molecule has 2 aromatic rings. The summed E-state index contributed by atoms with van der Waals surface area (Å²) in [7, 11) is 0. The standard InChI is InChI=1S/C25H34N2O2.C2H2O4/c1-22(28)9-10-23-11-13-25(14-12-23)29-20-6-5-15-26-16-18-27(19-17-26)21-24-7-3-2-4-8-24;3-1(4)2(5)6/h2-4,7-8,11-14H,5-6,9-10,15-21H2,1H3;(H,3,4)(H,5,6). The first-order chi connectivity index (χ1) is 16.8. The first kappa shape index (κ1) is 28.0. The fourth-order valence-electron chi connectivity index (χ4n) is 3.71. The van der Waals surface area contributed by atoms with E-state index in [0.717, 1.165) is 64.5 Å². The van der Waals surface area contributed by atoms with Crippen LogP contribution in [0.2, 0.25) is 0 Å². The van der Waals surface area contributed by atoms with Crippen LogP contribution in [0.25, 0.3) is 0 Å². The molecule has 190 valence electrons. The Morgan fingerprint density at radius 3 is 1.97 bits per heavy atom. The third-order valence-electron chi connectivity index (χ3n) is 5.72. The lowest BCUT2D eigenvalue weighted by atomic mass is 10.1. The van der Waals surface area contributed by atoms with E-state index in [4.69, 9.17) is 24.5 Å². The van der Waals surface area contributed by atoms with E-state index in [1.165, 1.54) is 17.5 Å². The number of piperazine rings is 1. The fourth-order valence-corrected chi connectivity index (χ4v) is 3.71. The maximum absolute atomic E-state index is 11.1. The minimum absolute atomic E-state index is 0.239. The molecule has 0 unspecified atom stereocenters. The van der Waals surface area contributed by atoms with E-state index in [-0.39, 0.29) is 5.78 Å². The highest BCUT2D eigenvalue weighted by Crippen LogP contribution is 2.14. The number of carbonyl (C=O) groups excluding carboxylic acids is 1. The quantitative estimate of drug-likeness (QED) is 0.369. The van der Waals surface area contributed by atoms with Gasteiger partial charge in [0.25, 0.3) is 0 Å². The SMILES string of the molecule is CC(=O)CCc1ccc(OCCCCN2CCN(Cc3ccccc3)CC2)cc1.O=C(O)C(=O)O. The summed E-state index contributed by atoms with van der Waals surface area (Å²) in [6.07, 6.45) is 3.68. The Kier molecular flexibility index (Phi) is 12.5. The van der Waals surface area contributed by atoms with Gasteiger partial charge in [0.1, 0.15) is 11.5 Å². The Balaban J connectivity index is 0.000000641. The van der Waals surface area contributed by atoms with Gasteiger partial charge in [0, 0.05) is 39.1 Å². The smallest absolute Gasteiger partial charge is 0.414 e. The van der Waals surface area contributed by atoms with Crippen LogP contribution in [0.5, 0.6) is 5.75 Å². The number of ether oxygens (including phenoxy) is 1. The van der Waals surface area contributed by atoms with Crippen molar-refractivity contribution in [3.05, 3.63) is 65.7 Å². The van der Waals surface area contributed by atoms with Gasteiger partial charge in [0.05, 0.1) is 6.61 Å². The zero-order chi connectivity index (χ0) is 25.5. The zero-order valence-corrected chi connectivity index (χ0v) is 20.4. The van der Waals surface area contributed by atoms with E-state index in [9.17, 15) is 4.79 Å². The molecule has 0 aliphatic carbocycles. The highest BCUT2D eigenvalue weighted by molar-refractivity contribution is 6.27. The van der Waals surface area contributed by atoms with Gasteiger partial charge in [-0.05, 0) is 56.0 Å². The summed E-state index contributed by atoms with van der Waals surface area (Å²) < 4.78 is 5.87. The van der Waals surface area contributed by atoms with E-state index >= 15 is 0 Å². The average molecular weight is 485 g/mol. The van der Waals surface area contributed by atoms with Gasteiger partial charge >= 0.3 is 11.9 Å². The number of ketones is 1. The normalized spacial score (nSPS) is 14.0. The zero-order valence-electron chi connectivity index (χ0n) is 20.4. The molecule has 35 heavy (non-hydrogen) atoms. The molecule has 8 heteroatoms. The van der Waals surface area contributed by atoms with Gasteiger partial charge in [0.15, 0.2) is 0 Å². The third-order valence-corrected chi connectivity index (χ3v) is 5.72. The number of Topliss-reactive ketones (excluding diaryl/α,β-unsaturated/α-hetero) is 1. The van der Waals surface area contributed by atoms with Crippen molar-refractivity contribution >= 4 is 17.7 Å². The van der Waals surface area contributed by atoms with Crippen molar-refractivity contribution in [1.29, 1.82) is 0 Å². The molecular weight excluding hydrogens is 448 g/mol. The molecule has 1 fully saturated rings. The summed E-state index contributed by atoms with van der Waals surface area (Å²) in [6.45, 7) is 9.26. The highest BCUT2D eigenvalue weighted by atomic mass is 16.5. The molecule has 0 spiro atoms. The molecule has 2 N–H and O–H groups in total. The topological polar surface area (TPSA) is 107 Å². The van der Waals surface area contributed by atoms with Crippen LogP contribution in [0, 0.1) is 0 Å². The Morgan fingerprint density at radius 2 is 1.40 bits per heavy atom. The number of unbranched alkanes of at least 4 members (excludes halogenated alkanes) is 1. The van der Waals surface area contributed by atoms with Crippen LogP contribution in [-0.2, 0) is 27.3 Å². The Hall–Kier alpha value is -3.23. The van der Waals surface area contributed by atoms with Crippen molar-refractivity contribution in [2.45, 2.75) is 39.2 Å². The van der Waals surface area contributed by atoms with Crippen molar-refractivity contribution < 1.29 is 29.3 Å².